The van der Waals surface area contributed by atoms with Crippen molar-refractivity contribution >= 4 is 21.7 Å². The van der Waals surface area contributed by atoms with Crippen LogP contribution in [-0.2, 0) is 0 Å². The van der Waals surface area contributed by atoms with Gasteiger partial charge in [0.2, 0.25) is 0 Å². The first-order chi connectivity index (χ1) is 6.81. The van der Waals surface area contributed by atoms with E-state index in [0.717, 1.165) is 29.7 Å². The highest BCUT2D eigenvalue weighted by molar-refractivity contribution is 9.10. The van der Waals surface area contributed by atoms with Gasteiger partial charge in [0, 0.05) is 17.2 Å². The monoisotopic (exact) mass is 256 g/mol. The van der Waals surface area contributed by atoms with Crippen LogP contribution in [0, 0.1) is 0 Å². The summed E-state index contributed by atoms with van der Waals surface area (Å²) in [6, 6.07) is 4.22. The molecule has 1 aromatic heterocycles. The van der Waals surface area contributed by atoms with Gasteiger partial charge >= 0.3 is 0 Å². The molecule has 1 aliphatic rings. The Bertz CT molecular complexity index is 301. The van der Waals surface area contributed by atoms with Crippen LogP contribution in [0.3, 0.4) is 0 Å². The number of hydrogen-bond donors (Lipinski definition) is 1. The van der Waals surface area contributed by atoms with Crippen LogP contribution in [0.25, 0.3) is 0 Å². The quantitative estimate of drug-likeness (QED) is 0.877. The molecule has 1 atom stereocenters. The predicted octanol–water partition coefficient (Wildman–Crippen LogP) is 1.81. The van der Waals surface area contributed by atoms with Gasteiger partial charge in [0.1, 0.15) is 5.82 Å². The van der Waals surface area contributed by atoms with Gasteiger partial charge in [0.25, 0.3) is 0 Å². The first-order valence-corrected chi connectivity index (χ1v) is 5.59. The molecule has 1 fully saturated rings. The van der Waals surface area contributed by atoms with Crippen LogP contribution < -0.4 is 4.90 Å². The molecule has 2 heterocycles. The summed E-state index contributed by atoms with van der Waals surface area (Å²) in [6.07, 6.45) is 4.00. The largest absolute Gasteiger partial charge is 0.394 e. The molecule has 0 amide bonds. The maximum atomic E-state index is 9.17. The summed E-state index contributed by atoms with van der Waals surface area (Å²) in [5.74, 6) is 0.963. The van der Waals surface area contributed by atoms with Gasteiger partial charge in [0.15, 0.2) is 0 Å². The number of pyridine rings is 1. The molecule has 0 radical (unpaired) electrons. The van der Waals surface area contributed by atoms with Crippen molar-refractivity contribution < 1.29 is 5.11 Å². The molecule has 1 N–H and O–H groups in total. The molecule has 3 nitrogen and oxygen atoms in total. The number of halogens is 1. The van der Waals surface area contributed by atoms with Crippen molar-refractivity contribution in [2.45, 2.75) is 18.9 Å². The number of aliphatic hydroxyl groups excluding tert-OH is 1. The van der Waals surface area contributed by atoms with E-state index in [0.29, 0.717) is 0 Å². The standard InChI is InChI=1S/C10H13BrN2O/c11-8-3-4-10(12-6-8)13-5-1-2-9(13)7-14/h3-4,6,9,14H,1-2,5,7H2. The highest BCUT2D eigenvalue weighted by Gasteiger charge is 2.24. The van der Waals surface area contributed by atoms with Gasteiger partial charge in [-0.3, -0.25) is 0 Å². The van der Waals surface area contributed by atoms with E-state index in [1.54, 1.807) is 6.20 Å². The Hall–Kier alpha value is -0.610. The molecular weight excluding hydrogens is 244 g/mol. The Morgan fingerprint density at radius 2 is 2.43 bits per heavy atom. The summed E-state index contributed by atoms with van der Waals surface area (Å²) in [5, 5.41) is 9.17. The number of nitrogens with zero attached hydrogens (tertiary/aromatic N) is 2. The van der Waals surface area contributed by atoms with Gasteiger partial charge in [-0.2, -0.15) is 0 Å². The Morgan fingerprint density at radius 3 is 3.07 bits per heavy atom. The number of aliphatic hydroxyl groups is 1. The third kappa shape index (κ3) is 1.91. The minimum Gasteiger partial charge on any atom is -0.394 e. The highest BCUT2D eigenvalue weighted by Crippen LogP contribution is 2.24. The van der Waals surface area contributed by atoms with E-state index in [1.165, 1.54) is 0 Å². The lowest BCUT2D eigenvalue weighted by atomic mass is 10.2. The molecule has 1 aliphatic heterocycles. The van der Waals surface area contributed by atoms with Crippen LogP contribution in [0.1, 0.15) is 12.8 Å². The van der Waals surface area contributed by atoms with Crippen LogP contribution in [-0.4, -0.2) is 29.3 Å². The smallest absolute Gasteiger partial charge is 0.128 e. The van der Waals surface area contributed by atoms with Crippen molar-refractivity contribution in [3.8, 4) is 0 Å². The van der Waals surface area contributed by atoms with Crippen LogP contribution in [0.5, 0.6) is 0 Å². The van der Waals surface area contributed by atoms with Gasteiger partial charge in [-0.1, -0.05) is 0 Å². The molecule has 1 saturated heterocycles. The topological polar surface area (TPSA) is 36.4 Å². The molecule has 1 unspecified atom stereocenters. The molecule has 0 saturated carbocycles. The predicted molar refractivity (Wildman–Crippen MR) is 59.4 cm³/mol. The molecule has 2 rings (SSSR count). The molecule has 1 aromatic rings. The molecule has 0 spiro atoms. The lowest BCUT2D eigenvalue weighted by Gasteiger charge is -2.23. The van der Waals surface area contributed by atoms with Crippen molar-refractivity contribution in [1.29, 1.82) is 0 Å². The Labute approximate surface area is 91.9 Å². The number of aromatic nitrogens is 1. The molecule has 0 aliphatic carbocycles. The second kappa shape index (κ2) is 4.28. The molecular formula is C10H13BrN2O. The van der Waals surface area contributed by atoms with Gasteiger partial charge in [-0.15, -0.1) is 0 Å². The van der Waals surface area contributed by atoms with E-state index < -0.39 is 0 Å². The normalized spacial score (nSPS) is 21.6. The number of hydrogen-bond acceptors (Lipinski definition) is 3. The van der Waals surface area contributed by atoms with Crippen molar-refractivity contribution in [2.24, 2.45) is 0 Å². The summed E-state index contributed by atoms with van der Waals surface area (Å²) < 4.78 is 0.987. The van der Waals surface area contributed by atoms with E-state index >= 15 is 0 Å². The van der Waals surface area contributed by atoms with Crippen LogP contribution in [0.4, 0.5) is 5.82 Å². The van der Waals surface area contributed by atoms with Gasteiger partial charge in [-0.25, -0.2) is 4.98 Å². The molecule has 76 valence electrons. The van der Waals surface area contributed by atoms with Crippen LogP contribution in [0.2, 0.25) is 0 Å². The molecule has 0 bridgehead atoms. The summed E-state index contributed by atoms with van der Waals surface area (Å²) in [7, 11) is 0. The Morgan fingerprint density at radius 1 is 1.57 bits per heavy atom. The van der Waals surface area contributed by atoms with E-state index in [2.05, 4.69) is 25.8 Å². The van der Waals surface area contributed by atoms with Crippen LogP contribution in [0.15, 0.2) is 22.8 Å². The van der Waals surface area contributed by atoms with Crippen molar-refractivity contribution in [3.63, 3.8) is 0 Å². The third-order valence-electron chi connectivity index (χ3n) is 2.59. The summed E-state index contributed by atoms with van der Waals surface area (Å²) in [6.45, 7) is 1.22. The molecule has 0 aromatic carbocycles. The lowest BCUT2D eigenvalue weighted by molar-refractivity contribution is 0.266. The molecule has 4 heteroatoms. The fraction of sp³-hybridized carbons (Fsp3) is 0.500. The summed E-state index contributed by atoms with van der Waals surface area (Å²) in [4.78, 5) is 6.50. The fourth-order valence-corrected chi connectivity index (χ4v) is 2.10. The van der Waals surface area contributed by atoms with Crippen molar-refractivity contribution in [2.75, 3.05) is 18.1 Å². The zero-order chi connectivity index (χ0) is 9.97. The minimum absolute atomic E-state index is 0.220. The fourth-order valence-electron chi connectivity index (χ4n) is 1.87. The number of rotatable bonds is 2. The van der Waals surface area contributed by atoms with Crippen LogP contribution >= 0.6 is 15.9 Å². The second-order valence-corrected chi connectivity index (χ2v) is 4.42. The van der Waals surface area contributed by atoms with Crippen molar-refractivity contribution in [3.05, 3.63) is 22.8 Å². The van der Waals surface area contributed by atoms with Gasteiger partial charge in [0.05, 0.1) is 12.6 Å². The average Bonchev–Trinajstić information content (AvgIpc) is 2.67. The molecule has 14 heavy (non-hydrogen) atoms. The lowest BCUT2D eigenvalue weighted by Crippen LogP contribution is -2.32. The minimum atomic E-state index is 0.220. The Kier molecular flexibility index (Phi) is 3.03. The van der Waals surface area contributed by atoms with Crippen molar-refractivity contribution in [1.82, 2.24) is 4.98 Å². The maximum absolute atomic E-state index is 9.17. The van der Waals surface area contributed by atoms with E-state index in [4.69, 9.17) is 0 Å². The van der Waals surface area contributed by atoms with E-state index in [-0.39, 0.29) is 12.6 Å². The summed E-state index contributed by atoms with van der Waals surface area (Å²) >= 11 is 3.36. The number of anilines is 1. The average molecular weight is 257 g/mol. The second-order valence-electron chi connectivity index (χ2n) is 3.51. The Balaban J connectivity index is 2.17. The zero-order valence-corrected chi connectivity index (χ0v) is 9.44. The maximum Gasteiger partial charge on any atom is 0.128 e. The van der Waals surface area contributed by atoms with E-state index in [9.17, 15) is 5.11 Å². The first-order valence-electron chi connectivity index (χ1n) is 4.80. The first kappa shape index (κ1) is 9.93. The third-order valence-corrected chi connectivity index (χ3v) is 3.06. The summed E-state index contributed by atoms with van der Waals surface area (Å²) in [5.41, 5.74) is 0. The SMILES string of the molecule is OCC1CCCN1c1ccc(Br)cn1. The van der Waals surface area contributed by atoms with E-state index in [1.807, 2.05) is 12.1 Å². The zero-order valence-electron chi connectivity index (χ0n) is 7.86. The van der Waals surface area contributed by atoms with Gasteiger partial charge < -0.3 is 10.0 Å². The highest BCUT2D eigenvalue weighted by atomic mass is 79.9. The van der Waals surface area contributed by atoms with Gasteiger partial charge in [-0.05, 0) is 40.9 Å².